The van der Waals surface area contributed by atoms with Gasteiger partial charge in [0.15, 0.2) is 0 Å². The Labute approximate surface area is 227 Å². The van der Waals surface area contributed by atoms with Crippen LogP contribution >= 0.6 is 0 Å². The van der Waals surface area contributed by atoms with E-state index in [0.29, 0.717) is 17.4 Å². The highest BCUT2D eigenvalue weighted by atomic mass is 16.5. The van der Waals surface area contributed by atoms with Gasteiger partial charge in [-0.3, -0.25) is 9.88 Å². The lowest BCUT2D eigenvalue weighted by Crippen LogP contribution is -2.59. The first-order valence-electron chi connectivity index (χ1n) is 15.1. The predicted molar refractivity (Wildman–Crippen MR) is 151 cm³/mol. The van der Waals surface area contributed by atoms with Gasteiger partial charge in [-0.05, 0) is 96.9 Å². The van der Waals surface area contributed by atoms with E-state index in [2.05, 4.69) is 53.2 Å². The third-order valence-corrected chi connectivity index (χ3v) is 11.0. The third kappa shape index (κ3) is 4.36. The van der Waals surface area contributed by atoms with Crippen LogP contribution in [0.25, 0.3) is 10.8 Å². The molecule has 1 N–H and O–H groups in total. The first-order chi connectivity index (χ1) is 18.3. The second-order valence-corrected chi connectivity index (χ2v) is 13.5. The van der Waals surface area contributed by atoms with E-state index < -0.39 is 0 Å². The molecule has 1 aromatic carbocycles. The van der Waals surface area contributed by atoms with E-state index in [4.69, 9.17) is 4.74 Å². The molecular weight excluding hydrogens is 470 g/mol. The second kappa shape index (κ2) is 9.26. The Morgan fingerprint density at radius 3 is 2.87 bits per heavy atom. The van der Waals surface area contributed by atoms with Crippen LogP contribution in [0.15, 0.2) is 60.0 Å². The minimum Gasteiger partial charge on any atom is -0.363 e. The molecule has 0 radical (unpaired) electrons. The van der Waals surface area contributed by atoms with E-state index in [1.165, 1.54) is 54.0 Å². The number of fused-ring (bicyclic) bond motifs is 2. The minimum absolute atomic E-state index is 0.0291. The Balaban J connectivity index is 1.08. The number of aromatic nitrogens is 1. The average Bonchev–Trinajstić information content (AvgIpc) is 3.48. The number of rotatable bonds is 4. The molecule has 4 heterocycles. The molecule has 5 atom stereocenters. The summed E-state index contributed by atoms with van der Waals surface area (Å²) in [5, 5.41) is 12.9. The Morgan fingerprint density at radius 1 is 1.13 bits per heavy atom. The Morgan fingerprint density at radius 2 is 2.00 bits per heavy atom. The van der Waals surface area contributed by atoms with Gasteiger partial charge in [0, 0.05) is 23.8 Å². The zero-order valence-electron chi connectivity index (χ0n) is 23.2. The van der Waals surface area contributed by atoms with Crippen molar-refractivity contribution < 1.29 is 14.6 Å². The number of nitrogens with zero attached hydrogens (tertiary/aromatic N) is 3. The molecule has 5 heteroatoms. The SMILES string of the molecule is CC1(CC=C2C=C3CCC(N4CC[N+](C)(O)CC4)CC34CCC2O4)CCCC1c1ccc2ccncc2c1. The highest BCUT2D eigenvalue weighted by molar-refractivity contribution is 5.82. The number of pyridine rings is 1. The molecular formula is C33H44N3O2+. The zero-order valence-corrected chi connectivity index (χ0v) is 23.2. The summed E-state index contributed by atoms with van der Waals surface area (Å²) in [5.41, 5.74) is 4.76. The van der Waals surface area contributed by atoms with E-state index in [-0.39, 0.29) is 16.4 Å². The summed E-state index contributed by atoms with van der Waals surface area (Å²) < 4.78 is 7.12. The third-order valence-electron chi connectivity index (χ3n) is 11.0. The molecule has 5 aliphatic rings. The van der Waals surface area contributed by atoms with Crippen molar-refractivity contribution in [2.24, 2.45) is 5.41 Å². The summed E-state index contributed by atoms with van der Waals surface area (Å²) in [6, 6.07) is 9.73. The monoisotopic (exact) mass is 514 g/mol. The van der Waals surface area contributed by atoms with Gasteiger partial charge in [-0.15, -0.1) is 0 Å². The molecule has 202 valence electrons. The summed E-state index contributed by atoms with van der Waals surface area (Å²) >= 11 is 0. The molecule has 2 saturated heterocycles. The molecule has 4 fully saturated rings. The largest absolute Gasteiger partial charge is 0.363 e. The van der Waals surface area contributed by atoms with Crippen LogP contribution in [0, 0.1) is 5.41 Å². The number of ether oxygens (including phenoxy) is 1. The fourth-order valence-electron chi connectivity index (χ4n) is 8.53. The molecule has 5 unspecified atom stereocenters. The summed E-state index contributed by atoms with van der Waals surface area (Å²) in [6.45, 7) is 6.17. The van der Waals surface area contributed by atoms with E-state index >= 15 is 0 Å². The Bertz CT molecular complexity index is 1270. The molecule has 5 nitrogen and oxygen atoms in total. The van der Waals surface area contributed by atoms with E-state index in [1.807, 2.05) is 19.4 Å². The topological polar surface area (TPSA) is 45.6 Å². The van der Waals surface area contributed by atoms with Gasteiger partial charge in [0.25, 0.3) is 0 Å². The molecule has 2 aliphatic carbocycles. The van der Waals surface area contributed by atoms with Crippen molar-refractivity contribution >= 4 is 10.8 Å². The maximum absolute atomic E-state index is 10.3. The molecule has 1 aromatic heterocycles. The van der Waals surface area contributed by atoms with Crippen LogP contribution in [0.4, 0.5) is 0 Å². The van der Waals surface area contributed by atoms with Crippen LogP contribution in [0.1, 0.15) is 76.2 Å². The van der Waals surface area contributed by atoms with Crippen LogP contribution in [0.5, 0.6) is 0 Å². The van der Waals surface area contributed by atoms with Crippen LogP contribution in [-0.4, -0.2) is 70.7 Å². The van der Waals surface area contributed by atoms with Gasteiger partial charge in [-0.25, -0.2) is 5.21 Å². The maximum Gasteiger partial charge on any atom is 0.121 e. The fraction of sp³-hybridized carbons (Fsp3) is 0.606. The number of benzene rings is 1. The molecule has 3 aliphatic heterocycles. The smallest absolute Gasteiger partial charge is 0.121 e. The Kier molecular flexibility index (Phi) is 6.08. The van der Waals surface area contributed by atoms with Gasteiger partial charge in [0.1, 0.15) is 13.1 Å². The lowest BCUT2D eigenvalue weighted by Gasteiger charge is -2.48. The Hall–Kier alpha value is -2.05. The van der Waals surface area contributed by atoms with Gasteiger partial charge in [0.2, 0.25) is 0 Å². The first-order valence-corrected chi connectivity index (χ1v) is 15.1. The standard InChI is InChI=1S/C33H44N3O2/c1-32(12-3-4-30(32)25-6-5-24-11-15-34-23-27(24)20-25)13-9-26-21-28-7-8-29(22-33(28)14-10-31(26)38-33)35-16-18-36(2,37)19-17-35/h5-6,9,11,15,20-21,23,29-31,37H,3-4,7-8,10,12-14,16-19,22H2,1-2H3/q+1. The quantitative estimate of drug-likeness (QED) is 0.481. The maximum atomic E-state index is 10.3. The molecule has 2 saturated carbocycles. The van der Waals surface area contributed by atoms with Crippen molar-refractivity contribution in [2.45, 2.75) is 88.4 Å². The highest BCUT2D eigenvalue weighted by Gasteiger charge is 2.51. The van der Waals surface area contributed by atoms with Crippen molar-refractivity contribution in [1.29, 1.82) is 0 Å². The van der Waals surface area contributed by atoms with Crippen molar-refractivity contribution in [3.05, 3.63) is 65.5 Å². The van der Waals surface area contributed by atoms with Crippen molar-refractivity contribution in [1.82, 2.24) is 9.88 Å². The highest BCUT2D eigenvalue weighted by Crippen LogP contribution is 2.54. The second-order valence-electron chi connectivity index (χ2n) is 13.5. The van der Waals surface area contributed by atoms with Crippen LogP contribution in [0.3, 0.4) is 0 Å². The molecule has 38 heavy (non-hydrogen) atoms. The molecule has 0 amide bonds. The van der Waals surface area contributed by atoms with Crippen molar-refractivity contribution in [3.63, 3.8) is 0 Å². The number of allylic oxidation sites excluding steroid dienone is 1. The van der Waals surface area contributed by atoms with Gasteiger partial charge >= 0.3 is 0 Å². The molecule has 2 bridgehead atoms. The molecule has 2 aromatic rings. The van der Waals surface area contributed by atoms with E-state index in [9.17, 15) is 5.21 Å². The van der Waals surface area contributed by atoms with Gasteiger partial charge < -0.3 is 4.74 Å². The lowest BCUT2D eigenvalue weighted by molar-refractivity contribution is -1.09. The number of likely N-dealkylation sites (N-methyl/N-ethyl adjacent to an activating group) is 1. The lowest BCUT2D eigenvalue weighted by atomic mass is 9.72. The number of piperazine rings is 1. The van der Waals surface area contributed by atoms with Crippen LogP contribution in [0.2, 0.25) is 0 Å². The van der Waals surface area contributed by atoms with Crippen molar-refractivity contribution in [2.75, 3.05) is 33.2 Å². The minimum atomic E-state index is -0.0291. The summed E-state index contributed by atoms with van der Waals surface area (Å²) in [4.78, 5) is 6.99. The van der Waals surface area contributed by atoms with Gasteiger partial charge in [-0.2, -0.15) is 4.65 Å². The molecule has 7 rings (SSSR count). The fourth-order valence-corrected chi connectivity index (χ4v) is 8.53. The predicted octanol–water partition coefficient (Wildman–Crippen LogP) is 6.39. The van der Waals surface area contributed by atoms with Crippen molar-refractivity contribution in [3.8, 4) is 0 Å². The zero-order chi connectivity index (χ0) is 26.0. The normalized spacial score (nSPS) is 37.9. The first kappa shape index (κ1) is 25.0. The summed E-state index contributed by atoms with van der Waals surface area (Å²) in [5.74, 6) is 0.600. The number of quaternary nitrogens is 1. The van der Waals surface area contributed by atoms with Crippen LogP contribution in [-0.2, 0) is 4.74 Å². The van der Waals surface area contributed by atoms with Gasteiger partial charge in [0.05, 0.1) is 31.8 Å². The van der Waals surface area contributed by atoms with E-state index in [1.54, 1.807) is 5.57 Å². The summed E-state index contributed by atoms with van der Waals surface area (Å²) in [7, 11) is 1.94. The molecule has 1 spiro atoms. The number of hydroxylamine groups is 3. The van der Waals surface area contributed by atoms with Gasteiger partial charge in [-0.1, -0.05) is 37.6 Å². The van der Waals surface area contributed by atoms with Crippen LogP contribution < -0.4 is 0 Å². The number of hydrogen-bond acceptors (Lipinski definition) is 4. The summed E-state index contributed by atoms with van der Waals surface area (Å²) in [6.07, 6.45) is 20.1. The number of hydrogen-bond donors (Lipinski definition) is 1. The van der Waals surface area contributed by atoms with E-state index in [0.717, 1.165) is 51.9 Å². The average molecular weight is 515 g/mol.